The van der Waals surface area contributed by atoms with Gasteiger partial charge in [-0.1, -0.05) is 5.21 Å². The molecule has 8 heteroatoms. The van der Waals surface area contributed by atoms with Crippen LogP contribution < -0.4 is 5.32 Å². The van der Waals surface area contributed by atoms with Crippen molar-refractivity contribution in [3.8, 4) is 0 Å². The van der Waals surface area contributed by atoms with E-state index in [1.165, 1.54) is 10.9 Å². The summed E-state index contributed by atoms with van der Waals surface area (Å²) >= 11 is 0. The Morgan fingerprint density at radius 2 is 2.45 bits per heavy atom. The molecule has 20 heavy (non-hydrogen) atoms. The van der Waals surface area contributed by atoms with Gasteiger partial charge in [-0.25, -0.2) is 9.48 Å². The summed E-state index contributed by atoms with van der Waals surface area (Å²) in [6.07, 6.45) is 3.50. The Balaban J connectivity index is 1.77. The van der Waals surface area contributed by atoms with E-state index in [2.05, 4.69) is 15.6 Å². The summed E-state index contributed by atoms with van der Waals surface area (Å²) in [5.74, 6) is -0.737. The molecule has 1 saturated heterocycles. The molecule has 0 aromatic carbocycles. The van der Waals surface area contributed by atoms with Gasteiger partial charge in [0, 0.05) is 13.2 Å². The number of hydrogen-bond donors (Lipinski definition) is 1. The highest BCUT2D eigenvalue weighted by Crippen LogP contribution is 2.10. The lowest BCUT2D eigenvalue weighted by Gasteiger charge is -2.10. The van der Waals surface area contributed by atoms with Crippen LogP contribution in [0.15, 0.2) is 6.20 Å². The average molecular weight is 282 g/mol. The molecule has 110 valence electrons. The van der Waals surface area contributed by atoms with Gasteiger partial charge in [-0.15, -0.1) is 5.10 Å². The fraction of sp³-hybridized carbons (Fsp3) is 0.667. The standard InChI is InChI=1S/C12H18N4O4/c1-2-19-12(18)10-7-16(15-14-10)8-11(17)13-6-9-4-3-5-20-9/h7,9H,2-6,8H2,1H3,(H,13,17). The zero-order chi connectivity index (χ0) is 14.4. The minimum absolute atomic E-state index is 0.0130. The third kappa shape index (κ3) is 4.02. The van der Waals surface area contributed by atoms with E-state index < -0.39 is 5.97 Å². The van der Waals surface area contributed by atoms with E-state index in [1.807, 2.05) is 0 Å². The molecule has 0 spiro atoms. The first-order valence-corrected chi connectivity index (χ1v) is 6.64. The van der Waals surface area contributed by atoms with E-state index in [0.29, 0.717) is 6.54 Å². The second kappa shape index (κ2) is 6.99. The van der Waals surface area contributed by atoms with Crippen molar-refractivity contribution in [3.05, 3.63) is 11.9 Å². The number of carbonyl (C=O) groups is 2. The fourth-order valence-corrected chi connectivity index (χ4v) is 1.91. The molecule has 1 aromatic heterocycles. The summed E-state index contributed by atoms with van der Waals surface area (Å²) in [6, 6.07) is 0. The van der Waals surface area contributed by atoms with E-state index in [9.17, 15) is 9.59 Å². The summed E-state index contributed by atoms with van der Waals surface area (Å²) in [6.45, 7) is 3.25. The Hall–Kier alpha value is -1.96. The van der Waals surface area contributed by atoms with Crippen LogP contribution in [0.4, 0.5) is 0 Å². The van der Waals surface area contributed by atoms with E-state index in [4.69, 9.17) is 9.47 Å². The molecule has 0 bridgehead atoms. The minimum atomic E-state index is -0.543. The highest BCUT2D eigenvalue weighted by atomic mass is 16.5. The second-order valence-electron chi connectivity index (χ2n) is 4.46. The lowest BCUT2D eigenvalue weighted by Crippen LogP contribution is -2.34. The predicted molar refractivity (Wildman–Crippen MR) is 68.0 cm³/mol. The van der Waals surface area contributed by atoms with Crippen LogP contribution in [0.1, 0.15) is 30.3 Å². The van der Waals surface area contributed by atoms with Crippen LogP contribution in [0.3, 0.4) is 0 Å². The zero-order valence-electron chi connectivity index (χ0n) is 11.4. The lowest BCUT2D eigenvalue weighted by atomic mass is 10.2. The number of nitrogens with zero attached hydrogens (tertiary/aromatic N) is 3. The molecule has 1 unspecified atom stereocenters. The molecule has 1 aromatic rings. The quantitative estimate of drug-likeness (QED) is 0.723. The molecule has 0 radical (unpaired) electrons. The first-order chi connectivity index (χ1) is 9.69. The predicted octanol–water partition coefficient (Wildman–Crippen LogP) is -0.250. The third-order valence-corrected chi connectivity index (χ3v) is 2.88. The van der Waals surface area contributed by atoms with Gasteiger partial charge in [0.25, 0.3) is 0 Å². The van der Waals surface area contributed by atoms with Crippen LogP contribution in [0.5, 0.6) is 0 Å². The van der Waals surface area contributed by atoms with Crippen molar-refractivity contribution in [2.45, 2.75) is 32.4 Å². The van der Waals surface area contributed by atoms with E-state index in [1.54, 1.807) is 6.92 Å². The molecule has 8 nitrogen and oxygen atoms in total. The number of amides is 1. The second-order valence-corrected chi connectivity index (χ2v) is 4.46. The highest BCUT2D eigenvalue weighted by molar-refractivity contribution is 5.86. The van der Waals surface area contributed by atoms with Gasteiger partial charge < -0.3 is 14.8 Å². The van der Waals surface area contributed by atoms with Crippen LogP contribution in [0.2, 0.25) is 0 Å². The average Bonchev–Trinajstić information content (AvgIpc) is 3.07. The molecular weight excluding hydrogens is 264 g/mol. The number of rotatable bonds is 6. The number of esters is 1. The minimum Gasteiger partial charge on any atom is -0.461 e. The van der Waals surface area contributed by atoms with Crippen molar-refractivity contribution in [2.24, 2.45) is 0 Å². The molecule has 1 amide bonds. The smallest absolute Gasteiger partial charge is 0.360 e. The van der Waals surface area contributed by atoms with Crippen LogP contribution in [-0.4, -0.2) is 52.7 Å². The molecule has 0 aliphatic carbocycles. The van der Waals surface area contributed by atoms with Gasteiger partial charge in [-0.05, 0) is 19.8 Å². The SMILES string of the molecule is CCOC(=O)c1cn(CC(=O)NCC2CCCO2)nn1. The fourth-order valence-electron chi connectivity index (χ4n) is 1.91. The molecule has 1 fully saturated rings. The molecule has 2 rings (SSSR count). The van der Waals surface area contributed by atoms with Crippen LogP contribution in [0.25, 0.3) is 0 Å². The number of hydrogen-bond acceptors (Lipinski definition) is 6. The van der Waals surface area contributed by atoms with Crippen molar-refractivity contribution in [3.63, 3.8) is 0 Å². The summed E-state index contributed by atoms with van der Waals surface area (Å²) in [4.78, 5) is 23.1. The summed E-state index contributed by atoms with van der Waals surface area (Å²) in [5, 5.41) is 10.1. The number of carbonyl (C=O) groups excluding carboxylic acids is 2. The normalized spacial score (nSPS) is 17.9. The van der Waals surface area contributed by atoms with E-state index >= 15 is 0 Å². The van der Waals surface area contributed by atoms with Gasteiger partial charge in [0.15, 0.2) is 5.69 Å². The highest BCUT2D eigenvalue weighted by Gasteiger charge is 2.17. The Morgan fingerprint density at radius 3 is 3.15 bits per heavy atom. The van der Waals surface area contributed by atoms with Gasteiger partial charge in [0.2, 0.25) is 5.91 Å². The van der Waals surface area contributed by atoms with Crippen molar-refractivity contribution in [1.29, 1.82) is 0 Å². The van der Waals surface area contributed by atoms with Gasteiger partial charge in [-0.2, -0.15) is 0 Å². The molecule has 2 heterocycles. The Labute approximate surface area is 116 Å². The monoisotopic (exact) mass is 282 g/mol. The van der Waals surface area contributed by atoms with E-state index in [0.717, 1.165) is 19.4 Å². The van der Waals surface area contributed by atoms with Crippen molar-refractivity contribution >= 4 is 11.9 Å². The summed E-state index contributed by atoms with van der Waals surface area (Å²) < 4.78 is 11.5. The first kappa shape index (κ1) is 14.4. The molecule has 1 aliphatic rings. The van der Waals surface area contributed by atoms with Crippen molar-refractivity contribution in [2.75, 3.05) is 19.8 Å². The maximum Gasteiger partial charge on any atom is 0.360 e. The molecule has 0 saturated carbocycles. The van der Waals surface area contributed by atoms with Gasteiger partial charge in [-0.3, -0.25) is 4.79 Å². The molecular formula is C12H18N4O4. The number of aromatic nitrogens is 3. The third-order valence-electron chi connectivity index (χ3n) is 2.88. The van der Waals surface area contributed by atoms with Crippen LogP contribution >= 0.6 is 0 Å². The van der Waals surface area contributed by atoms with E-state index in [-0.39, 0.29) is 30.9 Å². The Kier molecular flexibility index (Phi) is 5.05. The number of nitrogens with one attached hydrogen (secondary N) is 1. The lowest BCUT2D eigenvalue weighted by molar-refractivity contribution is -0.122. The summed E-state index contributed by atoms with van der Waals surface area (Å²) in [5.41, 5.74) is 0.0961. The molecule has 1 N–H and O–H groups in total. The largest absolute Gasteiger partial charge is 0.461 e. The van der Waals surface area contributed by atoms with Gasteiger partial charge >= 0.3 is 5.97 Å². The van der Waals surface area contributed by atoms with Crippen molar-refractivity contribution < 1.29 is 19.1 Å². The van der Waals surface area contributed by atoms with Crippen molar-refractivity contribution in [1.82, 2.24) is 20.3 Å². The maximum absolute atomic E-state index is 11.7. The Morgan fingerprint density at radius 1 is 1.60 bits per heavy atom. The van der Waals surface area contributed by atoms with Crippen LogP contribution in [0, 0.1) is 0 Å². The maximum atomic E-state index is 11.7. The van der Waals surface area contributed by atoms with Gasteiger partial charge in [0.05, 0.1) is 18.9 Å². The topological polar surface area (TPSA) is 95.3 Å². The van der Waals surface area contributed by atoms with Gasteiger partial charge in [0.1, 0.15) is 6.54 Å². The van der Waals surface area contributed by atoms with Crippen LogP contribution in [-0.2, 0) is 20.8 Å². The Bertz CT molecular complexity index is 468. The summed E-state index contributed by atoms with van der Waals surface area (Å²) in [7, 11) is 0. The molecule has 1 aliphatic heterocycles. The molecule has 1 atom stereocenters. The number of ether oxygens (including phenoxy) is 2. The zero-order valence-corrected chi connectivity index (χ0v) is 11.4. The first-order valence-electron chi connectivity index (χ1n) is 6.64.